The van der Waals surface area contributed by atoms with Crippen molar-refractivity contribution in [2.45, 2.75) is 20.8 Å². The van der Waals surface area contributed by atoms with Gasteiger partial charge in [-0.3, -0.25) is 9.78 Å². The van der Waals surface area contributed by atoms with Crippen LogP contribution in [0.1, 0.15) is 29.1 Å². The minimum Gasteiger partial charge on any atom is -0.319 e. The van der Waals surface area contributed by atoms with Crippen LogP contribution in [-0.4, -0.2) is 10.9 Å². The van der Waals surface area contributed by atoms with Crippen molar-refractivity contribution in [2.75, 3.05) is 5.32 Å². The monoisotopic (exact) mass is 298 g/mol. The molecule has 3 rings (SSSR count). The zero-order valence-corrected chi connectivity index (χ0v) is 13.2. The lowest BCUT2D eigenvalue weighted by Crippen LogP contribution is -2.11. The van der Waals surface area contributed by atoms with Crippen molar-refractivity contribution in [3.05, 3.63) is 58.4 Å². The summed E-state index contributed by atoms with van der Waals surface area (Å²) < 4.78 is 0. The van der Waals surface area contributed by atoms with Gasteiger partial charge in [0.2, 0.25) is 0 Å². The summed E-state index contributed by atoms with van der Waals surface area (Å²) in [5.74, 6) is -0.0781. The first kappa shape index (κ1) is 15.2. The fourth-order valence-corrected chi connectivity index (χ4v) is 2.81. The molecular weight excluding hydrogens is 280 g/mol. The van der Waals surface area contributed by atoms with Gasteiger partial charge in [-0.15, -0.1) is 11.3 Å². The molecule has 1 N–H and O–H groups in total. The van der Waals surface area contributed by atoms with Gasteiger partial charge in [0, 0.05) is 11.6 Å². The highest BCUT2D eigenvalue weighted by molar-refractivity contribution is 7.12. The van der Waals surface area contributed by atoms with E-state index in [2.05, 4.69) is 10.3 Å². The summed E-state index contributed by atoms with van der Waals surface area (Å²) in [5, 5.41) is 5.88. The highest BCUT2D eigenvalue weighted by Gasteiger charge is 2.12. The van der Waals surface area contributed by atoms with E-state index in [1.54, 1.807) is 6.20 Å². The first-order valence-electron chi connectivity index (χ1n) is 6.95. The molecule has 0 unspecified atom stereocenters. The smallest absolute Gasteiger partial charge is 0.266 e. The van der Waals surface area contributed by atoms with Crippen molar-refractivity contribution in [1.29, 1.82) is 0 Å². The lowest BCUT2D eigenvalue weighted by atomic mass is 10.2. The maximum atomic E-state index is 12.2. The Hall–Kier alpha value is -2.20. The standard InChI is InChI=1S/C15H12N2OS.C2H6/c1-10-7-9-19-14(10)15(18)17-12-6-2-4-11-5-3-8-16-13(11)12;1-2/h2-9H,1H3,(H,17,18);1-2H3. The topological polar surface area (TPSA) is 42.0 Å². The molecule has 4 heteroatoms. The molecule has 0 aliphatic heterocycles. The molecule has 0 fully saturated rings. The number of anilines is 1. The third-order valence-corrected chi connectivity index (χ3v) is 3.96. The second-order valence-electron chi connectivity index (χ2n) is 4.27. The largest absolute Gasteiger partial charge is 0.319 e. The Morgan fingerprint density at radius 3 is 2.62 bits per heavy atom. The predicted octanol–water partition coefficient (Wildman–Crippen LogP) is 4.88. The van der Waals surface area contributed by atoms with E-state index in [0.29, 0.717) is 0 Å². The number of carbonyl (C=O) groups excluding carboxylic acids is 1. The molecule has 0 aliphatic carbocycles. The fourth-order valence-electron chi connectivity index (χ4n) is 1.99. The molecular formula is C17H18N2OS. The maximum Gasteiger partial charge on any atom is 0.266 e. The number of pyridine rings is 1. The average molecular weight is 298 g/mol. The molecule has 0 aliphatic rings. The molecule has 1 amide bonds. The predicted molar refractivity (Wildman–Crippen MR) is 90.1 cm³/mol. The summed E-state index contributed by atoms with van der Waals surface area (Å²) in [6, 6.07) is 11.6. The van der Waals surface area contributed by atoms with Gasteiger partial charge >= 0.3 is 0 Å². The lowest BCUT2D eigenvalue weighted by molar-refractivity contribution is 0.103. The number of amides is 1. The van der Waals surface area contributed by atoms with Crippen LogP contribution in [0.25, 0.3) is 10.9 Å². The Morgan fingerprint density at radius 1 is 1.14 bits per heavy atom. The number of nitrogens with zero attached hydrogens (tertiary/aromatic N) is 1. The zero-order valence-electron chi connectivity index (χ0n) is 12.4. The molecule has 0 saturated carbocycles. The van der Waals surface area contributed by atoms with Gasteiger partial charge in [0.1, 0.15) is 0 Å². The Morgan fingerprint density at radius 2 is 1.90 bits per heavy atom. The summed E-state index contributed by atoms with van der Waals surface area (Å²) in [6.45, 7) is 5.94. The van der Waals surface area contributed by atoms with E-state index >= 15 is 0 Å². The van der Waals surface area contributed by atoms with Gasteiger partial charge in [0.25, 0.3) is 5.91 Å². The van der Waals surface area contributed by atoms with E-state index < -0.39 is 0 Å². The SMILES string of the molecule is CC.Cc1ccsc1C(=O)Nc1cccc2cccnc12. The molecule has 0 atom stereocenters. The minimum atomic E-state index is -0.0781. The Balaban J connectivity index is 0.000000774. The Kier molecular flexibility index (Phi) is 5.06. The highest BCUT2D eigenvalue weighted by atomic mass is 32.1. The summed E-state index contributed by atoms with van der Waals surface area (Å²) in [6.07, 6.45) is 1.73. The molecule has 0 radical (unpaired) electrons. The van der Waals surface area contributed by atoms with E-state index in [1.807, 2.05) is 62.5 Å². The molecule has 2 aromatic heterocycles. The molecule has 0 bridgehead atoms. The molecule has 21 heavy (non-hydrogen) atoms. The van der Waals surface area contributed by atoms with Crippen molar-refractivity contribution < 1.29 is 4.79 Å². The molecule has 3 aromatic rings. The number of aryl methyl sites for hydroxylation is 1. The average Bonchev–Trinajstić information content (AvgIpc) is 2.96. The first-order valence-corrected chi connectivity index (χ1v) is 7.83. The van der Waals surface area contributed by atoms with Gasteiger partial charge < -0.3 is 5.32 Å². The minimum absolute atomic E-state index is 0.0781. The van der Waals surface area contributed by atoms with Crippen molar-refractivity contribution in [3.8, 4) is 0 Å². The van der Waals surface area contributed by atoms with Crippen LogP contribution in [0.2, 0.25) is 0 Å². The second kappa shape index (κ2) is 6.99. The molecule has 0 spiro atoms. The van der Waals surface area contributed by atoms with Crippen molar-refractivity contribution in [1.82, 2.24) is 4.98 Å². The summed E-state index contributed by atoms with van der Waals surface area (Å²) >= 11 is 1.45. The maximum absolute atomic E-state index is 12.2. The van der Waals surface area contributed by atoms with Crippen LogP contribution in [0.5, 0.6) is 0 Å². The highest BCUT2D eigenvalue weighted by Crippen LogP contribution is 2.23. The summed E-state index contributed by atoms with van der Waals surface area (Å²) in [5.41, 5.74) is 2.55. The van der Waals surface area contributed by atoms with E-state index in [1.165, 1.54) is 11.3 Å². The number of para-hydroxylation sites is 1. The van der Waals surface area contributed by atoms with Crippen LogP contribution in [0.4, 0.5) is 5.69 Å². The van der Waals surface area contributed by atoms with Gasteiger partial charge in [-0.2, -0.15) is 0 Å². The first-order chi connectivity index (χ1) is 10.3. The number of hydrogen-bond acceptors (Lipinski definition) is 3. The van der Waals surface area contributed by atoms with Gasteiger partial charge in [0.05, 0.1) is 16.1 Å². The van der Waals surface area contributed by atoms with Crippen molar-refractivity contribution in [2.24, 2.45) is 0 Å². The number of carbonyl (C=O) groups is 1. The van der Waals surface area contributed by atoms with Crippen LogP contribution in [-0.2, 0) is 0 Å². The normalized spacial score (nSPS) is 9.86. The lowest BCUT2D eigenvalue weighted by Gasteiger charge is -2.07. The zero-order chi connectivity index (χ0) is 15.2. The van der Waals surface area contributed by atoms with Crippen molar-refractivity contribution in [3.63, 3.8) is 0 Å². The fraction of sp³-hybridized carbons (Fsp3) is 0.176. The number of benzene rings is 1. The van der Waals surface area contributed by atoms with E-state index in [4.69, 9.17) is 0 Å². The summed E-state index contributed by atoms with van der Waals surface area (Å²) in [7, 11) is 0. The van der Waals surface area contributed by atoms with E-state index in [0.717, 1.165) is 27.0 Å². The molecule has 1 aromatic carbocycles. The third-order valence-electron chi connectivity index (χ3n) is 2.95. The van der Waals surface area contributed by atoms with Crippen LogP contribution < -0.4 is 5.32 Å². The number of aromatic nitrogens is 1. The molecule has 3 nitrogen and oxygen atoms in total. The molecule has 0 saturated heterocycles. The van der Waals surface area contributed by atoms with Crippen LogP contribution >= 0.6 is 11.3 Å². The third kappa shape index (κ3) is 3.28. The number of fused-ring (bicyclic) bond motifs is 1. The van der Waals surface area contributed by atoms with Gasteiger partial charge in [0.15, 0.2) is 0 Å². The molecule has 2 heterocycles. The molecule has 108 valence electrons. The van der Waals surface area contributed by atoms with Crippen LogP contribution in [0, 0.1) is 6.92 Å². The number of thiophene rings is 1. The van der Waals surface area contributed by atoms with Crippen LogP contribution in [0.3, 0.4) is 0 Å². The second-order valence-corrected chi connectivity index (χ2v) is 5.18. The summed E-state index contributed by atoms with van der Waals surface area (Å²) in [4.78, 5) is 17.3. The van der Waals surface area contributed by atoms with Gasteiger partial charge in [-0.05, 0) is 36.1 Å². The number of nitrogens with one attached hydrogen (secondary N) is 1. The van der Waals surface area contributed by atoms with Crippen LogP contribution in [0.15, 0.2) is 48.0 Å². The quantitative estimate of drug-likeness (QED) is 0.732. The van der Waals surface area contributed by atoms with Gasteiger partial charge in [-0.25, -0.2) is 0 Å². The van der Waals surface area contributed by atoms with E-state index in [9.17, 15) is 4.79 Å². The van der Waals surface area contributed by atoms with E-state index in [-0.39, 0.29) is 5.91 Å². The van der Waals surface area contributed by atoms with Gasteiger partial charge in [-0.1, -0.05) is 32.0 Å². The Labute approximate surface area is 128 Å². The number of rotatable bonds is 2. The number of hydrogen-bond donors (Lipinski definition) is 1. The van der Waals surface area contributed by atoms with Crippen molar-refractivity contribution >= 4 is 33.8 Å². The Bertz CT molecular complexity index is 744.